The molecule has 2 N–H and O–H groups in total. The Labute approximate surface area is 165 Å². The van der Waals surface area contributed by atoms with E-state index in [1.807, 2.05) is 0 Å². The highest BCUT2D eigenvalue weighted by atomic mass is 19.1. The first-order valence-corrected chi connectivity index (χ1v) is 10.1. The molecule has 1 fully saturated rings. The number of benzene rings is 1. The summed E-state index contributed by atoms with van der Waals surface area (Å²) in [5.74, 6) is -0.952. The molecule has 154 valence electrons. The third kappa shape index (κ3) is 4.46. The maximum Gasteiger partial charge on any atom is 0.319 e. The van der Waals surface area contributed by atoms with E-state index in [-0.39, 0.29) is 30.0 Å². The highest BCUT2D eigenvalue weighted by Crippen LogP contribution is 2.35. The van der Waals surface area contributed by atoms with Gasteiger partial charge in [0.15, 0.2) is 11.6 Å². The van der Waals surface area contributed by atoms with Crippen LogP contribution in [0.3, 0.4) is 0 Å². The van der Waals surface area contributed by atoms with Crippen LogP contribution in [0.4, 0.5) is 4.39 Å². The molecule has 1 heterocycles. The Balaban J connectivity index is 1.47. The first-order chi connectivity index (χ1) is 13.4. The Morgan fingerprint density at radius 1 is 1.36 bits per heavy atom. The van der Waals surface area contributed by atoms with Crippen molar-refractivity contribution >= 4 is 11.9 Å². The van der Waals surface area contributed by atoms with E-state index in [0.29, 0.717) is 37.1 Å². The fraction of sp³-hybridized carbons (Fsp3) is 0.619. The van der Waals surface area contributed by atoms with Gasteiger partial charge in [-0.15, -0.1) is 0 Å². The lowest BCUT2D eigenvalue weighted by atomic mass is 9.78. The van der Waals surface area contributed by atoms with Crippen LogP contribution >= 0.6 is 0 Å². The average Bonchev–Trinajstić information content (AvgIpc) is 3.00. The van der Waals surface area contributed by atoms with E-state index in [1.165, 1.54) is 6.07 Å². The molecule has 1 amide bonds. The third-order valence-electron chi connectivity index (χ3n) is 6.02. The lowest BCUT2D eigenvalue weighted by molar-refractivity contribution is -0.142. The summed E-state index contributed by atoms with van der Waals surface area (Å²) in [5.41, 5.74) is 0.663. The second-order valence-electron chi connectivity index (χ2n) is 7.87. The van der Waals surface area contributed by atoms with Gasteiger partial charge in [-0.1, -0.05) is 6.07 Å². The molecule has 1 aliphatic heterocycles. The number of amides is 1. The fourth-order valence-corrected chi connectivity index (χ4v) is 4.36. The first kappa shape index (κ1) is 20.6. The summed E-state index contributed by atoms with van der Waals surface area (Å²) in [6.07, 6.45) is 4.07. The van der Waals surface area contributed by atoms with E-state index < -0.39 is 11.6 Å². The van der Waals surface area contributed by atoms with Gasteiger partial charge in [0.25, 0.3) is 5.91 Å². The highest BCUT2D eigenvalue weighted by Gasteiger charge is 2.34. The van der Waals surface area contributed by atoms with Crippen LogP contribution in [-0.4, -0.2) is 47.6 Å². The van der Waals surface area contributed by atoms with Crippen LogP contribution in [0.5, 0.6) is 5.75 Å². The van der Waals surface area contributed by atoms with Crippen molar-refractivity contribution in [1.29, 1.82) is 0 Å². The molecule has 6 nitrogen and oxygen atoms in total. The monoisotopic (exact) mass is 392 g/mol. The van der Waals surface area contributed by atoms with E-state index >= 15 is 0 Å². The van der Waals surface area contributed by atoms with E-state index in [9.17, 15) is 19.1 Å². The molecule has 1 atom stereocenters. The highest BCUT2D eigenvalue weighted by molar-refractivity contribution is 5.99. The van der Waals surface area contributed by atoms with Gasteiger partial charge in [-0.2, -0.15) is 0 Å². The van der Waals surface area contributed by atoms with E-state index in [1.54, 1.807) is 17.9 Å². The van der Waals surface area contributed by atoms with Crippen molar-refractivity contribution in [3.63, 3.8) is 0 Å². The zero-order chi connectivity index (χ0) is 20.3. The van der Waals surface area contributed by atoms with Gasteiger partial charge < -0.3 is 20.1 Å². The van der Waals surface area contributed by atoms with Crippen LogP contribution in [0.1, 0.15) is 55.5 Å². The van der Waals surface area contributed by atoms with Crippen LogP contribution in [0.15, 0.2) is 12.1 Å². The summed E-state index contributed by atoms with van der Waals surface area (Å²) in [5, 5.41) is 12.8. The van der Waals surface area contributed by atoms with Crippen molar-refractivity contribution in [2.24, 2.45) is 11.8 Å². The minimum Gasteiger partial charge on any atom is -0.505 e. The van der Waals surface area contributed by atoms with Crippen LogP contribution in [0.25, 0.3) is 0 Å². The number of rotatable bonds is 7. The second-order valence-corrected chi connectivity index (χ2v) is 7.87. The molecular weight excluding hydrogens is 363 g/mol. The molecule has 1 aromatic rings. The van der Waals surface area contributed by atoms with Crippen LogP contribution in [0.2, 0.25) is 0 Å². The number of carbonyl (C=O) groups excluding carboxylic acids is 2. The van der Waals surface area contributed by atoms with Gasteiger partial charge >= 0.3 is 5.97 Å². The smallest absolute Gasteiger partial charge is 0.319 e. The number of hydrogen-bond acceptors (Lipinski definition) is 5. The summed E-state index contributed by atoms with van der Waals surface area (Å²) in [6, 6.07) is 3.17. The molecule has 0 radical (unpaired) electrons. The summed E-state index contributed by atoms with van der Waals surface area (Å²) in [6.45, 7) is 5.54. The number of ether oxygens (including phenoxy) is 1. The maximum absolute atomic E-state index is 14.1. The van der Waals surface area contributed by atoms with Crippen molar-refractivity contribution in [3.05, 3.63) is 29.1 Å². The average molecular weight is 392 g/mol. The molecule has 7 heteroatoms. The second kappa shape index (κ2) is 8.90. The first-order valence-electron chi connectivity index (χ1n) is 10.1. The molecule has 2 aliphatic rings. The number of phenols is 1. The van der Waals surface area contributed by atoms with Crippen molar-refractivity contribution in [2.45, 2.75) is 52.1 Å². The van der Waals surface area contributed by atoms with Crippen molar-refractivity contribution in [2.75, 3.05) is 19.7 Å². The molecule has 0 aromatic heterocycles. The molecule has 1 aliphatic carbocycles. The number of nitrogens with one attached hydrogen (secondary N) is 1. The van der Waals surface area contributed by atoms with E-state index in [0.717, 1.165) is 25.7 Å². The summed E-state index contributed by atoms with van der Waals surface area (Å²) >= 11 is 0. The zero-order valence-electron chi connectivity index (χ0n) is 16.5. The molecule has 28 heavy (non-hydrogen) atoms. The number of nitrogens with zero attached hydrogens (tertiary/aromatic N) is 1. The fourth-order valence-electron chi connectivity index (χ4n) is 4.36. The zero-order valence-corrected chi connectivity index (χ0v) is 16.5. The lowest BCUT2D eigenvalue weighted by Gasteiger charge is -2.34. The Morgan fingerprint density at radius 2 is 2.07 bits per heavy atom. The number of carbonyl (C=O) groups is 2. The SMILES string of the molecule is CCOC(=O)CNC(C)[C@H]1CC[C@H](CN2Cc3ccc(O)c(F)c3C2=O)CC1. The quantitative estimate of drug-likeness (QED) is 0.698. The minimum absolute atomic E-state index is 0.0190. The molecule has 0 bridgehead atoms. The normalized spacial score (nSPS) is 22.8. The Hall–Kier alpha value is -2.15. The number of phenolic OH excluding ortho intramolecular Hbond substituents is 1. The molecule has 0 spiro atoms. The Kier molecular flexibility index (Phi) is 6.54. The Morgan fingerprint density at radius 3 is 2.75 bits per heavy atom. The van der Waals surface area contributed by atoms with Crippen LogP contribution in [0, 0.1) is 17.7 Å². The molecule has 1 aromatic carbocycles. The standard InChI is InChI=1S/C21H29FN2O4/c1-3-28-18(26)10-23-13(2)15-6-4-14(5-7-15)11-24-12-16-8-9-17(25)20(22)19(16)21(24)27/h8-9,13-15,23,25H,3-7,10-12H2,1-2H3/t13?,14-,15-. The number of fused-ring (bicyclic) bond motifs is 1. The van der Waals surface area contributed by atoms with Gasteiger partial charge in [0.1, 0.15) is 0 Å². The predicted molar refractivity (Wildman–Crippen MR) is 102 cm³/mol. The van der Waals surface area contributed by atoms with E-state index in [2.05, 4.69) is 12.2 Å². The van der Waals surface area contributed by atoms with Gasteiger partial charge in [-0.25, -0.2) is 4.39 Å². The molecule has 0 saturated heterocycles. The van der Waals surface area contributed by atoms with Crippen molar-refractivity contribution in [1.82, 2.24) is 10.2 Å². The predicted octanol–water partition coefficient (Wildman–Crippen LogP) is 2.83. The van der Waals surface area contributed by atoms with Gasteiger partial charge in [0.2, 0.25) is 0 Å². The van der Waals surface area contributed by atoms with Crippen LogP contribution in [-0.2, 0) is 16.1 Å². The molecule has 1 saturated carbocycles. The number of aromatic hydroxyl groups is 1. The topological polar surface area (TPSA) is 78.9 Å². The van der Waals surface area contributed by atoms with Crippen molar-refractivity contribution in [3.8, 4) is 5.75 Å². The molecule has 1 unspecified atom stereocenters. The minimum atomic E-state index is -0.810. The van der Waals surface area contributed by atoms with Gasteiger partial charge in [-0.05, 0) is 63.0 Å². The van der Waals surface area contributed by atoms with Gasteiger partial charge in [-0.3, -0.25) is 9.59 Å². The van der Waals surface area contributed by atoms with Crippen LogP contribution < -0.4 is 5.32 Å². The Bertz CT molecular complexity index is 731. The molecule has 3 rings (SSSR count). The summed E-state index contributed by atoms with van der Waals surface area (Å²) in [7, 11) is 0. The largest absolute Gasteiger partial charge is 0.505 e. The molecular formula is C21H29FN2O4. The van der Waals surface area contributed by atoms with Crippen molar-refractivity contribution < 1.29 is 23.8 Å². The third-order valence-corrected chi connectivity index (χ3v) is 6.02. The summed E-state index contributed by atoms with van der Waals surface area (Å²) in [4.78, 5) is 25.7. The number of halogens is 1. The number of hydrogen-bond donors (Lipinski definition) is 2. The summed E-state index contributed by atoms with van der Waals surface area (Å²) < 4.78 is 19.0. The lowest BCUT2D eigenvalue weighted by Crippen LogP contribution is -2.40. The maximum atomic E-state index is 14.1. The van der Waals surface area contributed by atoms with Gasteiger partial charge in [0, 0.05) is 19.1 Å². The number of esters is 1. The van der Waals surface area contributed by atoms with E-state index in [4.69, 9.17) is 4.74 Å². The van der Waals surface area contributed by atoms with Gasteiger partial charge in [0.05, 0.1) is 18.7 Å².